The summed E-state index contributed by atoms with van der Waals surface area (Å²) in [5.41, 5.74) is 2.33. The van der Waals surface area contributed by atoms with Crippen LogP contribution in [-0.4, -0.2) is 21.0 Å². The summed E-state index contributed by atoms with van der Waals surface area (Å²) in [6, 6.07) is 11.0. The van der Waals surface area contributed by atoms with E-state index in [1.807, 2.05) is 0 Å². The standard InChI is InChI=1S/C14H10N2O3/c17-10-4-1-8(2-5-10)13-15-11-6-3-9(14(18)19)7-12(11)16-13/h1-7,17H,(H,15,16)(H,18,19)/p-1. The maximum absolute atomic E-state index is 11.0. The number of carbonyl (C=O) groups is 1. The Balaban J connectivity index is 2.11. The topological polar surface area (TPSA) is 89.0 Å². The van der Waals surface area contributed by atoms with Gasteiger partial charge >= 0.3 is 5.97 Å². The van der Waals surface area contributed by atoms with E-state index in [0.717, 1.165) is 5.56 Å². The molecule has 0 aliphatic carbocycles. The first kappa shape index (κ1) is 11.3. The molecule has 2 N–H and O–H groups in total. The Labute approximate surface area is 108 Å². The van der Waals surface area contributed by atoms with Crippen LogP contribution in [0, 0.1) is 0 Å². The summed E-state index contributed by atoms with van der Waals surface area (Å²) in [5, 5.41) is 20.0. The smallest absolute Gasteiger partial charge is 0.335 e. The van der Waals surface area contributed by atoms with Gasteiger partial charge in [-0.05, 0) is 18.2 Å². The molecule has 0 aliphatic rings. The van der Waals surface area contributed by atoms with Crippen molar-refractivity contribution in [2.75, 3.05) is 0 Å². The number of benzene rings is 2. The van der Waals surface area contributed by atoms with Crippen molar-refractivity contribution in [2.45, 2.75) is 0 Å². The summed E-state index contributed by atoms with van der Waals surface area (Å²) >= 11 is 0. The zero-order valence-electron chi connectivity index (χ0n) is 9.75. The zero-order valence-corrected chi connectivity index (χ0v) is 9.75. The molecule has 5 heteroatoms. The second kappa shape index (κ2) is 4.13. The number of nitrogens with zero attached hydrogens (tertiary/aromatic N) is 1. The predicted molar refractivity (Wildman–Crippen MR) is 67.9 cm³/mol. The molecular weight excluding hydrogens is 244 g/mol. The zero-order chi connectivity index (χ0) is 13.4. The van der Waals surface area contributed by atoms with Crippen molar-refractivity contribution >= 4 is 17.0 Å². The molecular formula is C14H9N2O3-. The molecule has 1 aromatic heterocycles. The summed E-state index contributed by atoms with van der Waals surface area (Å²) in [4.78, 5) is 18.3. The molecule has 1 heterocycles. The van der Waals surface area contributed by atoms with Gasteiger partial charge in [0.05, 0.1) is 16.6 Å². The first-order chi connectivity index (χ1) is 9.13. The molecule has 0 spiro atoms. The van der Waals surface area contributed by atoms with Crippen LogP contribution in [-0.2, 0) is 0 Å². The summed E-state index contributed by atoms with van der Waals surface area (Å²) in [6.45, 7) is 0. The molecule has 94 valence electrons. The second-order valence-electron chi connectivity index (χ2n) is 4.15. The molecule has 0 radical (unpaired) electrons. The van der Waals surface area contributed by atoms with E-state index in [0.29, 0.717) is 16.9 Å². The monoisotopic (exact) mass is 253 g/mol. The van der Waals surface area contributed by atoms with Gasteiger partial charge in [-0.2, -0.15) is 0 Å². The van der Waals surface area contributed by atoms with Crippen molar-refractivity contribution < 1.29 is 15.0 Å². The average Bonchev–Trinajstić information content (AvgIpc) is 2.82. The maximum atomic E-state index is 11.0. The number of nitrogens with one attached hydrogen (secondary N) is 1. The summed E-state index contributed by atoms with van der Waals surface area (Å²) in [7, 11) is 0. The first-order valence-corrected chi connectivity index (χ1v) is 5.64. The number of aromatic amines is 1. The summed E-state index contributed by atoms with van der Waals surface area (Å²) in [5.74, 6) is -0.431. The third kappa shape index (κ3) is 2.01. The minimum atomic E-state index is -0.978. The number of carboxylic acid groups (broad SMARTS) is 1. The maximum Gasteiger partial charge on any atom is 0.335 e. The van der Waals surface area contributed by atoms with Gasteiger partial charge in [0.25, 0.3) is 0 Å². The third-order valence-corrected chi connectivity index (χ3v) is 2.86. The minimum Gasteiger partial charge on any atom is -0.872 e. The molecule has 0 saturated heterocycles. The fourth-order valence-corrected chi connectivity index (χ4v) is 1.89. The van der Waals surface area contributed by atoms with Gasteiger partial charge in [0.1, 0.15) is 5.82 Å². The van der Waals surface area contributed by atoms with Crippen LogP contribution >= 0.6 is 0 Å². The number of fused-ring (bicyclic) bond motifs is 1. The normalized spacial score (nSPS) is 10.7. The fourth-order valence-electron chi connectivity index (χ4n) is 1.89. The van der Waals surface area contributed by atoms with Gasteiger partial charge in [-0.25, -0.2) is 9.78 Å². The highest BCUT2D eigenvalue weighted by Gasteiger charge is 2.08. The van der Waals surface area contributed by atoms with E-state index in [1.54, 1.807) is 18.2 Å². The highest BCUT2D eigenvalue weighted by molar-refractivity contribution is 5.92. The van der Waals surface area contributed by atoms with E-state index < -0.39 is 5.97 Å². The number of hydrogen-bond donors (Lipinski definition) is 2. The van der Waals surface area contributed by atoms with Crippen molar-refractivity contribution in [3.63, 3.8) is 0 Å². The lowest BCUT2D eigenvalue weighted by molar-refractivity contribution is -0.268. The molecule has 0 bridgehead atoms. The number of aromatic nitrogens is 2. The number of imidazole rings is 1. The van der Waals surface area contributed by atoms with Crippen LogP contribution in [0.25, 0.3) is 22.4 Å². The van der Waals surface area contributed by atoms with Crippen LogP contribution in [0.5, 0.6) is 5.75 Å². The Morgan fingerprint density at radius 2 is 1.89 bits per heavy atom. The molecule has 0 atom stereocenters. The molecule has 19 heavy (non-hydrogen) atoms. The van der Waals surface area contributed by atoms with Crippen molar-refractivity contribution in [3.05, 3.63) is 48.0 Å². The lowest BCUT2D eigenvalue weighted by Crippen LogP contribution is -1.94. The molecule has 0 saturated carbocycles. The Hall–Kier alpha value is -2.82. The van der Waals surface area contributed by atoms with Crippen molar-refractivity contribution in [3.8, 4) is 17.1 Å². The van der Waals surface area contributed by atoms with Gasteiger partial charge in [0.15, 0.2) is 0 Å². The van der Waals surface area contributed by atoms with Crippen LogP contribution < -0.4 is 5.11 Å². The van der Waals surface area contributed by atoms with E-state index in [1.165, 1.54) is 24.3 Å². The van der Waals surface area contributed by atoms with Gasteiger partial charge in [0, 0.05) is 5.56 Å². The van der Waals surface area contributed by atoms with Crippen LogP contribution in [0.1, 0.15) is 10.4 Å². The predicted octanol–water partition coefficient (Wildman–Crippen LogP) is 2.00. The van der Waals surface area contributed by atoms with Gasteiger partial charge in [-0.15, -0.1) is 5.75 Å². The van der Waals surface area contributed by atoms with Gasteiger partial charge in [0.2, 0.25) is 0 Å². The summed E-state index contributed by atoms with van der Waals surface area (Å²) < 4.78 is 0. The van der Waals surface area contributed by atoms with E-state index in [-0.39, 0.29) is 11.3 Å². The van der Waals surface area contributed by atoms with E-state index >= 15 is 0 Å². The SMILES string of the molecule is O=C(O)c1ccc2nc(-c3ccc([O-])cc3)[nH]c2c1. The minimum absolute atomic E-state index is 0.0620. The van der Waals surface area contributed by atoms with Crippen LogP contribution in [0.15, 0.2) is 42.5 Å². The Morgan fingerprint density at radius 1 is 1.16 bits per heavy atom. The van der Waals surface area contributed by atoms with E-state index in [2.05, 4.69) is 9.97 Å². The average molecular weight is 253 g/mol. The number of H-pyrrole nitrogens is 1. The third-order valence-electron chi connectivity index (χ3n) is 2.86. The van der Waals surface area contributed by atoms with E-state index in [4.69, 9.17) is 5.11 Å². The fraction of sp³-hybridized carbons (Fsp3) is 0. The van der Waals surface area contributed by atoms with Crippen LogP contribution in [0.2, 0.25) is 0 Å². The Bertz CT molecular complexity index is 760. The van der Waals surface area contributed by atoms with Crippen molar-refractivity contribution in [1.82, 2.24) is 9.97 Å². The van der Waals surface area contributed by atoms with Gasteiger partial charge in [-0.3, -0.25) is 0 Å². The van der Waals surface area contributed by atoms with E-state index in [9.17, 15) is 9.90 Å². The molecule has 3 rings (SSSR count). The lowest BCUT2D eigenvalue weighted by atomic mass is 10.2. The quantitative estimate of drug-likeness (QED) is 0.731. The van der Waals surface area contributed by atoms with Crippen molar-refractivity contribution in [1.29, 1.82) is 0 Å². The number of rotatable bonds is 2. The summed E-state index contributed by atoms with van der Waals surface area (Å²) in [6.07, 6.45) is 0. The van der Waals surface area contributed by atoms with Crippen LogP contribution in [0.3, 0.4) is 0 Å². The van der Waals surface area contributed by atoms with Gasteiger partial charge in [-0.1, -0.05) is 24.3 Å². The molecule has 5 nitrogen and oxygen atoms in total. The van der Waals surface area contributed by atoms with Crippen molar-refractivity contribution in [2.24, 2.45) is 0 Å². The highest BCUT2D eigenvalue weighted by Crippen LogP contribution is 2.22. The number of carboxylic acids is 1. The Kier molecular flexibility index (Phi) is 2.45. The molecule has 0 fully saturated rings. The Morgan fingerprint density at radius 3 is 2.58 bits per heavy atom. The second-order valence-corrected chi connectivity index (χ2v) is 4.15. The molecule has 0 amide bonds. The molecule has 2 aromatic carbocycles. The first-order valence-electron chi connectivity index (χ1n) is 5.64. The number of aromatic carboxylic acids is 1. The molecule has 0 unspecified atom stereocenters. The lowest BCUT2D eigenvalue weighted by Gasteiger charge is -2.03. The largest absolute Gasteiger partial charge is 0.872 e. The van der Waals surface area contributed by atoms with Gasteiger partial charge < -0.3 is 15.2 Å². The van der Waals surface area contributed by atoms with Crippen LogP contribution in [0.4, 0.5) is 0 Å². The molecule has 0 aliphatic heterocycles. The number of hydrogen-bond acceptors (Lipinski definition) is 3. The molecule has 3 aromatic rings. The highest BCUT2D eigenvalue weighted by atomic mass is 16.4.